The average molecular weight is 809 g/mol. The molecule has 306 valence electrons. The lowest BCUT2D eigenvalue weighted by atomic mass is 10.1. The number of rotatable bonds is 8. The number of anilines is 6. The summed E-state index contributed by atoms with van der Waals surface area (Å²) in [4.78, 5) is 83.0. The van der Waals surface area contributed by atoms with Crippen molar-refractivity contribution in [2.45, 2.75) is 52.7 Å². The number of hydrogen-bond donors (Lipinski definition) is 2. The first-order valence-electron chi connectivity index (χ1n) is 19.1. The molecule has 2 amide bonds. The molecule has 0 unspecified atom stereocenters. The highest BCUT2D eigenvalue weighted by atomic mass is 16.6. The number of carbonyl (C=O) groups is 2. The van der Waals surface area contributed by atoms with Gasteiger partial charge in [0, 0.05) is 48.2 Å². The van der Waals surface area contributed by atoms with E-state index in [1.165, 1.54) is 12.1 Å². The Morgan fingerprint density at radius 3 is 0.950 bits per heavy atom. The maximum atomic E-state index is 13.7. The number of ether oxygens (including phenoxy) is 2. The molecular weight excluding hydrogens is 765 g/mol. The van der Waals surface area contributed by atoms with Crippen molar-refractivity contribution >= 4 is 67.9 Å². The first kappa shape index (κ1) is 40.7. The van der Waals surface area contributed by atoms with Crippen molar-refractivity contribution in [1.29, 1.82) is 0 Å². The number of hydrogen-bond acceptors (Lipinski definition) is 10. The largest absolute Gasteiger partial charge is 0.444 e. The Labute approximate surface area is 344 Å². The zero-order valence-corrected chi connectivity index (χ0v) is 34.4. The Balaban J connectivity index is 1.09. The van der Waals surface area contributed by atoms with Gasteiger partial charge in [0.1, 0.15) is 11.2 Å². The Hall–Kier alpha value is -7.48. The van der Waals surface area contributed by atoms with Crippen molar-refractivity contribution < 1.29 is 19.1 Å². The number of aromatic nitrogens is 2. The van der Waals surface area contributed by atoms with Crippen LogP contribution in [0, 0.1) is 0 Å². The minimum Gasteiger partial charge on any atom is -0.444 e. The highest BCUT2D eigenvalue weighted by Crippen LogP contribution is 2.28. The smallest absolute Gasteiger partial charge is 0.412 e. The summed E-state index contributed by atoms with van der Waals surface area (Å²) in [6, 6.07) is 30.7. The molecule has 0 atom stereocenters. The number of benzene rings is 5. The molecule has 0 aliphatic rings. The van der Waals surface area contributed by atoms with Crippen LogP contribution >= 0.6 is 0 Å². The SMILES string of the molecule is CN(c1ccc(NC(=O)OC(C)(C)C)cc1)c1ccc(-n2c(=O)c3cc4c(=O)n(-c5ccc(N(C)c6ccc(NC(=O)OC(C)(C)C)cc6)cc5)c(=O)c4cc3c2=O)cc1. The van der Waals surface area contributed by atoms with Crippen molar-refractivity contribution in [2.75, 3.05) is 34.5 Å². The van der Waals surface area contributed by atoms with E-state index in [1.807, 2.05) is 48.2 Å². The van der Waals surface area contributed by atoms with Gasteiger partial charge in [0.25, 0.3) is 22.2 Å². The van der Waals surface area contributed by atoms with Crippen molar-refractivity contribution in [3.05, 3.63) is 151 Å². The number of nitrogens with one attached hydrogen (secondary N) is 2. The van der Waals surface area contributed by atoms with Gasteiger partial charge in [-0.3, -0.25) is 29.8 Å². The Kier molecular flexibility index (Phi) is 10.4. The second-order valence-corrected chi connectivity index (χ2v) is 16.3. The average Bonchev–Trinajstić information content (AvgIpc) is 3.58. The standard InChI is InChI=1S/C46H44N6O8/c1-45(2,3)59-43(57)47-27-9-13-29(14-10-27)49(7)31-17-21-33(22-18-31)51-39(53)35-25-37-38(26-36(35)40(51)54)42(56)52(41(37)55)34-23-19-32(20-24-34)50(8)30-15-11-28(12-16-30)48-44(58)60-46(4,5)6/h9-26H,1-8H3,(H,47,57)(H,48,58). The van der Waals surface area contributed by atoms with Gasteiger partial charge in [-0.15, -0.1) is 0 Å². The number of fused-ring (bicyclic) bond motifs is 2. The zero-order chi connectivity index (χ0) is 43.3. The Morgan fingerprint density at radius 2 is 0.700 bits per heavy atom. The van der Waals surface area contributed by atoms with Gasteiger partial charge >= 0.3 is 12.2 Å². The molecule has 0 radical (unpaired) electrons. The molecule has 60 heavy (non-hydrogen) atoms. The van der Waals surface area contributed by atoms with Crippen molar-refractivity contribution in [3.63, 3.8) is 0 Å². The van der Waals surface area contributed by atoms with Crippen LogP contribution in [0.25, 0.3) is 32.9 Å². The maximum absolute atomic E-state index is 13.7. The van der Waals surface area contributed by atoms with E-state index in [2.05, 4.69) is 10.6 Å². The third kappa shape index (κ3) is 8.25. The van der Waals surface area contributed by atoms with Gasteiger partial charge in [-0.05, 0) is 151 Å². The van der Waals surface area contributed by atoms with Crippen LogP contribution in [0.5, 0.6) is 0 Å². The molecule has 14 nitrogen and oxygen atoms in total. The minimum atomic E-state index is -0.623. The van der Waals surface area contributed by atoms with Crippen LogP contribution in [0.3, 0.4) is 0 Å². The van der Waals surface area contributed by atoms with Crippen LogP contribution in [0.4, 0.5) is 43.7 Å². The van der Waals surface area contributed by atoms with Gasteiger partial charge in [-0.25, -0.2) is 18.7 Å². The molecule has 0 aliphatic carbocycles. The molecule has 0 saturated carbocycles. The highest BCUT2D eigenvalue weighted by molar-refractivity contribution is 5.98. The van der Waals surface area contributed by atoms with E-state index in [-0.39, 0.29) is 21.5 Å². The summed E-state index contributed by atoms with van der Waals surface area (Å²) >= 11 is 0. The summed E-state index contributed by atoms with van der Waals surface area (Å²) in [5.74, 6) is 0. The molecule has 2 aromatic heterocycles. The van der Waals surface area contributed by atoms with Gasteiger partial charge in [0.15, 0.2) is 0 Å². The lowest BCUT2D eigenvalue weighted by Gasteiger charge is -2.21. The number of nitrogens with zero attached hydrogens (tertiary/aromatic N) is 4. The number of carbonyl (C=O) groups excluding carboxylic acids is 2. The van der Waals surface area contributed by atoms with E-state index in [9.17, 15) is 28.8 Å². The first-order valence-corrected chi connectivity index (χ1v) is 19.1. The molecule has 0 fully saturated rings. The van der Waals surface area contributed by atoms with E-state index < -0.39 is 45.6 Å². The van der Waals surface area contributed by atoms with Crippen LogP contribution in [0.1, 0.15) is 41.5 Å². The van der Waals surface area contributed by atoms with E-state index >= 15 is 0 Å². The fraction of sp³-hybridized carbons (Fsp3) is 0.217. The fourth-order valence-corrected chi connectivity index (χ4v) is 6.77. The third-order valence-corrected chi connectivity index (χ3v) is 9.68. The Morgan fingerprint density at radius 1 is 0.450 bits per heavy atom. The van der Waals surface area contributed by atoms with Crippen LogP contribution in [-0.2, 0) is 9.47 Å². The van der Waals surface area contributed by atoms with Gasteiger partial charge in [0.05, 0.1) is 32.9 Å². The molecular formula is C46H44N6O8. The third-order valence-electron chi connectivity index (χ3n) is 9.68. The fourth-order valence-electron chi connectivity index (χ4n) is 6.77. The first-order chi connectivity index (χ1) is 28.3. The second kappa shape index (κ2) is 15.4. The molecule has 2 heterocycles. The van der Waals surface area contributed by atoms with Crippen LogP contribution < -0.4 is 42.7 Å². The minimum absolute atomic E-state index is 0.0345. The quantitative estimate of drug-likeness (QED) is 0.153. The highest BCUT2D eigenvalue weighted by Gasteiger charge is 2.22. The van der Waals surface area contributed by atoms with Gasteiger partial charge in [0.2, 0.25) is 0 Å². The normalized spacial score (nSPS) is 11.7. The van der Waals surface area contributed by atoms with E-state index in [1.54, 1.807) is 114 Å². The molecule has 0 aliphatic heterocycles. The monoisotopic (exact) mass is 808 g/mol. The van der Waals surface area contributed by atoms with Crippen LogP contribution in [0.15, 0.2) is 128 Å². The molecule has 0 saturated heterocycles. The predicted molar refractivity (Wildman–Crippen MR) is 236 cm³/mol. The van der Waals surface area contributed by atoms with Gasteiger partial charge in [-0.2, -0.15) is 0 Å². The molecule has 14 heteroatoms. The van der Waals surface area contributed by atoms with Crippen molar-refractivity contribution in [3.8, 4) is 11.4 Å². The lowest BCUT2D eigenvalue weighted by Crippen LogP contribution is -2.27. The summed E-state index contributed by atoms with van der Waals surface area (Å²) in [5.41, 5.74) is 1.29. The van der Waals surface area contributed by atoms with Crippen molar-refractivity contribution in [2.24, 2.45) is 0 Å². The molecule has 7 aromatic rings. The van der Waals surface area contributed by atoms with Gasteiger partial charge < -0.3 is 19.3 Å². The maximum Gasteiger partial charge on any atom is 0.412 e. The molecule has 0 spiro atoms. The topological polar surface area (TPSA) is 161 Å². The van der Waals surface area contributed by atoms with Crippen LogP contribution in [-0.4, -0.2) is 46.6 Å². The van der Waals surface area contributed by atoms with E-state index in [0.29, 0.717) is 22.7 Å². The summed E-state index contributed by atoms with van der Waals surface area (Å²) in [6.45, 7) is 10.7. The number of amides is 2. The lowest BCUT2D eigenvalue weighted by molar-refractivity contribution is 0.0624. The molecule has 5 aromatic carbocycles. The summed E-state index contributed by atoms with van der Waals surface area (Å²) in [6.07, 6.45) is -1.11. The molecule has 0 bridgehead atoms. The van der Waals surface area contributed by atoms with Crippen LogP contribution in [0.2, 0.25) is 0 Å². The predicted octanol–water partition coefficient (Wildman–Crippen LogP) is 8.12. The van der Waals surface area contributed by atoms with Gasteiger partial charge in [-0.1, -0.05) is 0 Å². The van der Waals surface area contributed by atoms with Crippen molar-refractivity contribution in [1.82, 2.24) is 9.13 Å². The summed E-state index contributed by atoms with van der Waals surface area (Å²) in [5, 5.41) is 5.55. The summed E-state index contributed by atoms with van der Waals surface area (Å²) in [7, 11) is 3.71. The Bertz CT molecular complexity index is 2690. The molecule has 7 rings (SSSR count). The van der Waals surface area contributed by atoms with E-state index in [0.717, 1.165) is 31.9 Å². The van der Waals surface area contributed by atoms with E-state index in [4.69, 9.17) is 9.47 Å². The second-order valence-electron chi connectivity index (χ2n) is 16.3. The zero-order valence-electron chi connectivity index (χ0n) is 34.4. The summed E-state index contributed by atoms with van der Waals surface area (Å²) < 4.78 is 12.7. The molecule has 2 N–H and O–H groups in total.